The van der Waals surface area contributed by atoms with Crippen molar-refractivity contribution >= 4 is 11.9 Å². The van der Waals surface area contributed by atoms with E-state index in [0.29, 0.717) is 12.0 Å². The van der Waals surface area contributed by atoms with E-state index in [1.54, 1.807) is 12.1 Å². The first-order valence-corrected chi connectivity index (χ1v) is 8.63. The second kappa shape index (κ2) is 10.00. The molecule has 1 atom stereocenters. The van der Waals surface area contributed by atoms with Gasteiger partial charge in [0.05, 0.1) is 24.1 Å². The molecule has 0 spiro atoms. The SMILES string of the molecule is N#Cc1ccc(CCCCC(=O)NC(CC(=O)O)c2ccccc2)cc1. The molecule has 0 heterocycles. The zero-order valence-corrected chi connectivity index (χ0v) is 14.5. The number of aliphatic carboxylic acids is 1. The van der Waals surface area contributed by atoms with Crippen LogP contribution < -0.4 is 5.32 Å². The fourth-order valence-corrected chi connectivity index (χ4v) is 2.74. The van der Waals surface area contributed by atoms with E-state index in [-0.39, 0.29) is 12.3 Å². The van der Waals surface area contributed by atoms with Gasteiger partial charge in [0.15, 0.2) is 0 Å². The van der Waals surface area contributed by atoms with Crippen molar-refractivity contribution in [2.45, 2.75) is 38.1 Å². The number of unbranched alkanes of at least 4 members (excludes halogenated alkanes) is 1. The molecule has 0 aliphatic heterocycles. The van der Waals surface area contributed by atoms with E-state index in [1.807, 2.05) is 42.5 Å². The topological polar surface area (TPSA) is 90.2 Å². The third-order valence-corrected chi connectivity index (χ3v) is 4.12. The molecule has 1 amide bonds. The summed E-state index contributed by atoms with van der Waals surface area (Å²) in [5.74, 6) is -1.08. The monoisotopic (exact) mass is 350 g/mol. The van der Waals surface area contributed by atoms with Crippen LogP contribution in [0, 0.1) is 11.3 Å². The summed E-state index contributed by atoms with van der Waals surface area (Å²) < 4.78 is 0. The van der Waals surface area contributed by atoms with Crippen molar-refractivity contribution < 1.29 is 14.7 Å². The van der Waals surface area contributed by atoms with Gasteiger partial charge in [-0.15, -0.1) is 0 Å². The highest BCUT2D eigenvalue weighted by Crippen LogP contribution is 2.17. The van der Waals surface area contributed by atoms with Crippen LogP contribution in [0.25, 0.3) is 0 Å². The molecule has 2 N–H and O–H groups in total. The Morgan fingerprint density at radius 2 is 1.73 bits per heavy atom. The molecule has 0 aromatic heterocycles. The fraction of sp³-hybridized carbons (Fsp3) is 0.286. The summed E-state index contributed by atoms with van der Waals surface area (Å²) >= 11 is 0. The van der Waals surface area contributed by atoms with Gasteiger partial charge in [0, 0.05) is 6.42 Å². The highest BCUT2D eigenvalue weighted by Gasteiger charge is 2.17. The van der Waals surface area contributed by atoms with Crippen LogP contribution in [0.5, 0.6) is 0 Å². The average molecular weight is 350 g/mol. The number of amides is 1. The maximum absolute atomic E-state index is 12.2. The molecule has 0 fully saturated rings. The van der Waals surface area contributed by atoms with Crippen LogP contribution in [0.1, 0.15) is 48.4 Å². The molecule has 26 heavy (non-hydrogen) atoms. The van der Waals surface area contributed by atoms with E-state index in [4.69, 9.17) is 10.4 Å². The van der Waals surface area contributed by atoms with Crippen molar-refractivity contribution in [1.82, 2.24) is 5.32 Å². The Balaban J connectivity index is 1.78. The summed E-state index contributed by atoms with van der Waals surface area (Å²) in [7, 11) is 0. The summed E-state index contributed by atoms with van der Waals surface area (Å²) in [6.45, 7) is 0. The van der Waals surface area contributed by atoms with Crippen LogP contribution in [0.3, 0.4) is 0 Å². The number of benzene rings is 2. The van der Waals surface area contributed by atoms with Crippen LogP contribution in [-0.2, 0) is 16.0 Å². The summed E-state index contributed by atoms with van der Waals surface area (Å²) in [5.41, 5.74) is 2.57. The minimum absolute atomic E-state index is 0.138. The van der Waals surface area contributed by atoms with Crippen molar-refractivity contribution in [2.75, 3.05) is 0 Å². The molecule has 2 rings (SSSR count). The normalized spacial score (nSPS) is 11.3. The number of carboxylic acid groups (broad SMARTS) is 1. The molecule has 5 heteroatoms. The summed E-state index contributed by atoms with van der Waals surface area (Å²) in [6, 6.07) is 18.2. The highest BCUT2D eigenvalue weighted by molar-refractivity contribution is 5.77. The van der Waals surface area contributed by atoms with Crippen molar-refractivity contribution in [3.63, 3.8) is 0 Å². The van der Waals surface area contributed by atoms with Gasteiger partial charge in [0.1, 0.15) is 0 Å². The molecular formula is C21H22N2O3. The lowest BCUT2D eigenvalue weighted by molar-refractivity contribution is -0.137. The van der Waals surface area contributed by atoms with E-state index < -0.39 is 12.0 Å². The predicted molar refractivity (Wildman–Crippen MR) is 98.3 cm³/mol. The highest BCUT2D eigenvalue weighted by atomic mass is 16.4. The number of carboxylic acids is 1. The van der Waals surface area contributed by atoms with E-state index in [2.05, 4.69) is 11.4 Å². The van der Waals surface area contributed by atoms with Crippen LogP contribution >= 0.6 is 0 Å². The Labute approximate surface area is 153 Å². The van der Waals surface area contributed by atoms with Crippen molar-refractivity contribution in [3.8, 4) is 6.07 Å². The van der Waals surface area contributed by atoms with Gasteiger partial charge in [-0.25, -0.2) is 0 Å². The zero-order chi connectivity index (χ0) is 18.8. The minimum atomic E-state index is -0.944. The number of nitrogens with zero attached hydrogens (tertiary/aromatic N) is 1. The number of nitrogens with one attached hydrogen (secondary N) is 1. The smallest absolute Gasteiger partial charge is 0.305 e. The number of aryl methyl sites for hydroxylation is 1. The molecule has 5 nitrogen and oxygen atoms in total. The molecule has 134 valence electrons. The van der Waals surface area contributed by atoms with E-state index in [1.165, 1.54) is 0 Å². The molecule has 0 radical (unpaired) electrons. The molecular weight excluding hydrogens is 328 g/mol. The van der Waals surface area contributed by atoms with Gasteiger partial charge >= 0.3 is 5.97 Å². The van der Waals surface area contributed by atoms with Gasteiger partial charge in [-0.05, 0) is 42.5 Å². The van der Waals surface area contributed by atoms with Crippen molar-refractivity contribution in [2.24, 2.45) is 0 Å². The lowest BCUT2D eigenvalue weighted by atomic mass is 10.0. The summed E-state index contributed by atoms with van der Waals surface area (Å²) in [6.07, 6.45) is 2.64. The van der Waals surface area contributed by atoms with Crippen LogP contribution in [0.15, 0.2) is 54.6 Å². The summed E-state index contributed by atoms with van der Waals surface area (Å²) in [5, 5.41) is 20.7. The molecule has 0 aliphatic rings. The minimum Gasteiger partial charge on any atom is -0.481 e. The van der Waals surface area contributed by atoms with Crippen LogP contribution in [-0.4, -0.2) is 17.0 Å². The molecule has 2 aromatic rings. The molecule has 0 saturated carbocycles. The molecule has 0 aliphatic carbocycles. The van der Waals surface area contributed by atoms with Gasteiger partial charge < -0.3 is 10.4 Å². The lowest BCUT2D eigenvalue weighted by Gasteiger charge is -2.17. The van der Waals surface area contributed by atoms with Gasteiger partial charge in [-0.3, -0.25) is 9.59 Å². The van der Waals surface area contributed by atoms with Gasteiger partial charge in [-0.1, -0.05) is 42.5 Å². The third-order valence-electron chi connectivity index (χ3n) is 4.12. The first kappa shape index (κ1) is 19.2. The molecule has 2 aromatic carbocycles. The van der Waals surface area contributed by atoms with Gasteiger partial charge in [0.25, 0.3) is 0 Å². The van der Waals surface area contributed by atoms with E-state index in [0.717, 1.165) is 30.4 Å². The molecule has 0 saturated heterocycles. The number of rotatable bonds is 9. The Kier molecular flexibility index (Phi) is 7.38. The number of carbonyl (C=O) groups is 2. The Bertz CT molecular complexity index is 764. The summed E-state index contributed by atoms with van der Waals surface area (Å²) in [4.78, 5) is 23.2. The zero-order valence-electron chi connectivity index (χ0n) is 14.5. The molecule has 1 unspecified atom stereocenters. The van der Waals surface area contributed by atoms with Crippen LogP contribution in [0.2, 0.25) is 0 Å². The number of carbonyl (C=O) groups excluding carboxylic acids is 1. The quantitative estimate of drug-likeness (QED) is 0.676. The third kappa shape index (κ3) is 6.40. The second-order valence-corrected chi connectivity index (χ2v) is 6.14. The number of hydrogen-bond donors (Lipinski definition) is 2. The largest absolute Gasteiger partial charge is 0.481 e. The van der Waals surface area contributed by atoms with Gasteiger partial charge in [-0.2, -0.15) is 5.26 Å². The van der Waals surface area contributed by atoms with Gasteiger partial charge in [0.2, 0.25) is 5.91 Å². The average Bonchev–Trinajstić information content (AvgIpc) is 2.65. The van der Waals surface area contributed by atoms with E-state index in [9.17, 15) is 9.59 Å². The Morgan fingerprint density at radius 3 is 2.35 bits per heavy atom. The van der Waals surface area contributed by atoms with Crippen molar-refractivity contribution in [1.29, 1.82) is 5.26 Å². The number of nitriles is 1. The standard InChI is InChI=1S/C21H22N2O3/c22-15-17-12-10-16(11-13-17)6-4-5-9-20(24)23-19(14-21(25)26)18-7-2-1-3-8-18/h1-3,7-8,10-13,19H,4-6,9,14H2,(H,23,24)(H,25,26). The fourth-order valence-electron chi connectivity index (χ4n) is 2.74. The lowest BCUT2D eigenvalue weighted by Crippen LogP contribution is -2.30. The maximum atomic E-state index is 12.2. The van der Waals surface area contributed by atoms with E-state index >= 15 is 0 Å². The number of hydrogen-bond acceptors (Lipinski definition) is 3. The second-order valence-electron chi connectivity index (χ2n) is 6.14. The van der Waals surface area contributed by atoms with Crippen molar-refractivity contribution in [3.05, 3.63) is 71.3 Å². The Morgan fingerprint density at radius 1 is 1.04 bits per heavy atom. The van der Waals surface area contributed by atoms with Crippen LogP contribution in [0.4, 0.5) is 0 Å². The first-order chi connectivity index (χ1) is 12.6. The Hall–Kier alpha value is -3.13. The first-order valence-electron chi connectivity index (χ1n) is 8.63. The predicted octanol–water partition coefficient (Wildman–Crippen LogP) is 3.60. The molecule has 0 bridgehead atoms. The maximum Gasteiger partial charge on any atom is 0.305 e.